The van der Waals surface area contributed by atoms with Crippen molar-refractivity contribution in [3.05, 3.63) is 23.2 Å². The fourth-order valence-electron chi connectivity index (χ4n) is 0.583. The standard InChI is InChI=1S/C6H4ClFN2O2/c7-5-1-4(12-6(9)11)3(8)2-10-5/h1-2H,(H2,9,11). The van der Waals surface area contributed by atoms with E-state index in [4.69, 9.17) is 11.6 Å². The minimum atomic E-state index is -1.10. The Kier molecular flexibility index (Phi) is 2.44. The molecule has 0 atom stereocenters. The first-order valence-corrected chi connectivity index (χ1v) is 3.25. The molecule has 0 unspecified atom stereocenters. The minimum absolute atomic E-state index is 0.0210. The number of carbonyl (C=O) groups is 1. The van der Waals surface area contributed by atoms with Crippen molar-refractivity contribution in [2.24, 2.45) is 5.73 Å². The number of nitrogens with two attached hydrogens (primary N) is 1. The van der Waals surface area contributed by atoms with Gasteiger partial charge < -0.3 is 10.5 Å². The lowest BCUT2D eigenvalue weighted by Crippen LogP contribution is -2.17. The summed E-state index contributed by atoms with van der Waals surface area (Å²) >= 11 is 5.39. The summed E-state index contributed by atoms with van der Waals surface area (Å²) in [7, 11) is 0. The first-order valence-electron chi connectivity index (χ1n) is 2.88. The summed E-state index contributed by atoms with van der Waals surface area (Å²) in [5.41, 5.74) is 4.65. The Balaban J connectivity index is 2.97. The van der Waals surface area contributed by atoms with Crippen LogP contribution in [0, 0.1) is 5.82 Å². The molecule has 1 rings (SSSR count). The van der Waals surface area contributed by atoms with Crippen LogP contribution in [0.1, 0.15) is 0 Å². The summed E-state index contributed by atoms with van der Waals surface area (Å²) in [4.78, 5) is 13.6. The lowest BCUT2D eigenvalue weighted by atomic mass is 10.4. The SMILES string of the molecule is NC(=O)Oc1cc(Cl)ncc1F. The van der Waals surface area contributed by atoms with Gasteiger partial charge in [-0.25, -0.2) is 14.2 Å². The van der Waals surface area contributed by atoms with Crippen LogP contribution in [0.3, 0.4) is 0 Å². The lowest BCUT2D eigenvalue weighted by Gasteiger charge is -2.00. The van der Waals surface area contributed by atoms with Crippen molar-refractivity contribution < 1.29 is 13.9 Å². The van der Waals surface area contributed by atoms with Crippen LogP contribution in [0.4, 0.5) is 9.18 Å². The monoisotopic (exact) mass is 190 g/mol. The second-order valence-corrected chi connectivity index (χ2v) is 2.25. The Labute approximate surface area is 72.1 Å². The Morgan fingerprint density at radius 2 is 2.42 bits per heavy atom. The molecular weight excluding hydrogens is 187 g/mol. The van der Waals surface area contributed by atoms with Crippen molar-refractivity contribution in [1.82, 2.24) is 4.98 Å². The zero-order chi connectivity index (χ0) is 9.14. The highest BCUT2D eigenvalue weighted by Crippen LogP contribution is 2.18. The van der Waals surface area contributed by atoms with E-state index in [1.54, 1.807) is 0 Å². The van der Waals surface area contributed by atoms with E-state index in [0.717, 1.165) is 12.3 Å². The van der Waals surface area contributed by atoms with E-state index in [9.17, 15) is 9.18 Å². The van der Waals surface area contributed by atoms with E-state index < -0.39 is 11.9 Å². The topological polar surface area (TPSA) is 65.2 Å². The van der Waals surface area contributed by atoms with Gasteiger partial charge in [0, 0.05) is 6.07 Å². The van der Waals surface area contributed by atoms with Crippen molar-refractivity contribution in [2.75, 3.05) is 0 Å². The van der Waals surface area contributed by atoms with E-state index in [2.05, 4.69) is 15.5 Å². The van der Waals surface area contributed by atoms with Crippen molar-refractivity contribution in [2.45, 2.75) is 0 Å². The van der Waals surface area contributed by atoms with Gasteiger partial charge in [-0.2, -0.15) is 0 Å². The van der Waals surface area contributed by atoms with Crippen LogP contribution in [0.5, 0.6) is 5.75 Å². The fraction of sp³-hybridized carbons (Fsp3) is 0. The van der Waals surface area contributed by atoms with Gasteiger partial charge in [0.1, 0.15) is 5.15 Å². The molecule has 0 spiro atoms. The summed E-state index contributed by atoms with van der Waals surface area (Å²) in [6.45, 7) is 0. The molecule has 2 N–H and O–H groups in total. The fourth-order valence-corrected chi connectivity index (χ4v) is 0.731. The molecule has 1 aromatic rings. The van der Waals surface area contributed by atoms with Gasteiger partial charge in [0.2, 0.25) is 0 Å². The number of aromatic nitrogens is 1. The van der Waals surface area contributed by atoms with Crippen LogP contribution < -0.4 is 10.5 Å². The molecule has 1 heterocycles. The molecule has 1 amide bonds. The first-order chi connectivity index (χ1) is 5.59. The maximum atomic E-state index is 12.7. The number of ether oxygens (including phenoxy) is 1. The molecule has 0 saturated heterocycles. The van der Waals surface area contributed by atoms with Gasteiger partial charge in [-0.15, -0.1) is 0 Å². The van der Waals surface area contributed by atoms with Gasteiger partial charge in [0.15, 0.2) is 11.6 Å². The number of rotatable bonds is 1. The van der Waals surface area contributed by atoms with Gasteiger partial charge in [0.05, 0.1) is 6.20 Å². The van der Waals surface area contributed by atoms with Crippen LogP contribution in [-0.2, 0) is 0 Å². The molecule has 0 bridgehead atoms. The van der Waals surface area contributed by atoms with Crippen molar-refractivity contribution in [3.63, 3.8) is 0 Å². The van der Waals surface area contributed by atoms with E-state index >= 15 is 0 Å². The van der Waals surface area contributed by atoms with Gasteiger partial charge in [-0.1, -0.05) is 11.6 Å². The highest BCUT2D eigenvalue weighted by molar-refractivity contribution is 6.29. The lowest BCUT2D eigenvalue weighted by molar-refractivity contribution is 0.208. The molecule has 0 aliphatic heterocycles. The molecule has 6 heteroatoms. The molecule has 12 heavy (non-hydrogen) atoms. The van der Waals surface area contributed by atoms with Crippen LogP contribution in [-0.4, -0.2) is 11.1 Å². The Bertz CT molecular complexity index is 318. The molecule has 64 valence electrons. The number of carbonyl (C=O) groups excluding carboxylic acids is 1. The molecular formula is C6H4ClFN2O2. The molecule has 1 aromatic heterocycles. The van der Waals surface area contributed by atoms with Gasteiger partial charge >= 0.3 is 6.09 Å². The van der Waals surface area contributed by atoms with Gasteiger partial charge in [0.25, 0.3) is 0 Å². The van der Waals surface area contributed by atoms with Gasteiger partial charge in [-0.3, -0.25) is 0 Å². The average Bonchev–Trinajstić information content (AvgIpc) is 1.96. The first kappa shape index (κ1) is 8.73. The molecule has 0 aliphatic rings. The summed E-state index contributed by atoms with van der Waals surface area (Å²) < 4.78 is 16.9. The molecule has 0 aromatic carbocycles. The molecule has 0 saturated carbocycles. The zero-order valence-electron chi connectivity index (χ0n) is 5.75. The third-order valence-electron chi connectivity index (χ3n) is 0.997. The number of pyridine rings is 1. The van der Waals surface area contributed by atoms with Crippen molar-refractivity contribution in [1.29, 1.82) is 0 Å². The number of halogens is 2. The number of hydrogen-bond acceptors (Lipinski definition) is 3. The second-order valence-electron chi connectivity index (χ2n) is 1.86. The zero-order valence-corrected chi connectivity index (χ0v) is 6.51. The maximum Gasteiger partial charge on any atom is 0.410 e. The second kappa shape index (κ2) is 3.36. The molecule has 4 nitrogen and oxygen atoms in total. The highest BCUT2D eigenvalue weighted by Gasteiger charge is 2.07. The number of nitrogens with zero attached hydrogens (tertiary/aromatic N) is 1. The quantitative estimate of drug-likeness (QED) is 0.680. The Morgan fingerprint density at radius 1 is 1.75 bits per heavy atom. The van der Waals surface area contributed by atoms with E-state index in [1.165, 1.54) is 0 Å². The number of hydrogen-bond donors (Lipinski definition) is 1. The molecule has 0 fully saturated rings. The summed E-state index contributed by atoms with van der Waals surface area (Å²) in [6.07, 6.45) is -0.267. The summed E-state index contributed by atoms with van der Waals surface area (Å²) in [6, 6.07) is 1.06. The van der Waals surface area contributed by atoms with Crippen molar-refractivity contribution in [3.8, 4) is 5.75 Å². The third kappa shape index (κ3) is 2.06. The van der Waals surface area contributed by atoms with E-state index in [-0.39, 0.29) is 10.9 Å². The predicted molar refractivity (Wildman–Crippen MR) is 39.4 cm³/mol. The Morgan fingerprint density at radius 3 is 3.00 bits per heavy atom. The average molecular weight is 191 g/mol. The third-order valence-corrected chi connectivity index (χ3v) is 1.20. The van der Waals surface area contributed by atoms with Crippen LogP contribution >= 0.6 is 11.6 Å². The summed E-state index contributed by atoms with van der Waals surface area (Å²) in [5, 5.41) is 0.0210. The molecule has 0 aliphatic carbocycles. The number of primary amides is 1. The van der Waals surface area contributed by atoms with Crippen LogP contribution in [0.15, 0.2) is 12.3 Å². The van der Waals surface area contributed by atoms with Gasteiger partial charge in [-0.05, 0) is 0 Å². The largest absolute Gasteiger partial charge is 0.410 e. The van der Waals surface area contributed by atoms with E-state index in [0.29, 0.717) is 0 Å². The predicted octanol–water partition coefficient (Wildman–Crippen LogP) is 1.33. The Hall–Kier alpha value is -1.36. The maximum absolute atomic E-state index is 12.7. The van der Waals surface area contributed by atoms with Crippen molar-refractivity contribution >= 4 is 17.7 Å². The molecule has 0 radical (unpaired) electrons. The summed E-state index contributed by atoms with van der Waals surface area (Å²) in [5.74, 6) is -1.12. The van der Waals surface area contributed by atoms with Crippen LogP contribution in [0.25, 0.3) is 0 Å². The smallest absolute Gasteiger partial charge is 0.407 e. The van der Waals surface area contributed by atoms with E-state index in [1.807, 2.05) is 0 Å². The number of amides is 1. The normalized spacial score (nSPS) is 9.50. The highest BCUT2D eigenvalue weighted by atomic mass is 35.5. The van der Waals surface area contributed by atoms with Crippen LogP contribution in [0.2, 0.25) is 5.15 Å². The minimum Gasteiger partial charge on any atom is -0.407 e.